The van der Waals surface area contributed by atoms with Crippen molar-refractivity contribution in [1.82, 2.24) is 0 Å². The van der Waals surface area contributed by atoms with Gasteiger partial charge in [0.05, 0.1) is 11.1 Å². The number of cyclic esters (lactones) is 2. The summed E-state index contributed by atoms with van der Waals surface area (Å²) in [7, 11) is 0. The zero-order valence-electron chi connectivity index (χ0n) is 19.8. The van der Waals surface area contributed by atoms with Gasteiger partial charge in [0.15, 0.2) is 0 Å². The van der Waals surface area contributed by atoms with E-state index in [4.69, 9.17) is 4.74 Å². The van der Waals surface area contributed by atoms with Crippen LogP contribution >= 0.6 is 0 Å². The highest BCUT2D eigenvalue weighted by molar-refractivity contribution is 6.25. The first kappa shape index (κ1) is 21.3. The van der Waals surface area contributed by atoms with E-state index in [1.807, 2.05) is 84.9 Å². The van der Waals surface area contributed by atoms with Crippen LogP contribution in [0.15, 0.2) is 120 Å². The monoisotopic (exact) mass is 476 g/mol. The molecule has 1 fully saturated rings. The summed E-state index contributed by atoms with van der Waals surface area (Å²) >= 11 is 0. The normalized spacial score (nSPS) is 16.0. The summed E-state index contributed by atoms with van der Waals surface area (Å²) < 4.78 is 5.16. The first-order valence-electron chi connectivity index (χ1n) is 12.2. The van der Waals surface area contributed by atoms with Crippen molar-refractivity contribution in [3.05, 3.63) is 131 Å². The van der Waals surface area contributed by atoms with E-state index in [0.717, 1.165) is 54.2 Å². The summed E-state index contributed by atoms with van der Waals surface area (Å²) in [4.78, 5) is 26.1. The van der Waals surface area contributed by atoms with Gasteiger partial charge in [0.25, 0.3) is 0 Å². The van der Waals surface area contributed by atoms with Crippen LogP contribution in [0, 0.1) is 0 Å². The second-order valence-corrected chi connectivity index (χ2v) is 9.26. The van der Waals surface area contributed by atoms with Crippen LogP contribution in [0.5, 0.6) is 0 Å². The highest BCUT2D eigenvalue weighted by Gasteiger charge is 2.34. The van der Waals surface area contributed by atoms with Gasteiger partial charge in [-0.25, -0.2) is 9.59 Å². The molecule has 1 aliphatic rings. The molecule has 0 bridgehead atoms. The van der Waals surface area contributed by atoms with Crippen molar-refractivity contribution in [3.8, 4) is 0 Å². The molecule has 6 aromatic rings. The summed E-state index contributed by atoms with van der Waals surface area (Å²) in [5.41, 5.74) is 2.32. The molecule has 3 nitrogen and oxygen atoms in total. The van der Waals surface area contributed by atoms with E-state index < -0.39 is 11.9 Å². The summed E-state index contributed by atoms with van der Waals surface area (Å²) in [5, 5.41) is 8.30. The topological polar surface area (TPSA) is 43.4 Å². The minimum atomic E-state index is -0.627. The van der Waals surface area contributed by atoms with Crippen molar-refractivity contribution in [2.24, 2.45) is 0 Å². The van der Waals surface area contributed by atoms with Crippen molar-refractivity contribution in [2.45, 2.75) is 0 Å². The number of rotatable bonds is 2. The molecule has 0 aromatic heterocycles. The Morgan fingerprint density at radius 1 is 0.432 bits per heavy atom. The first-order valence-corrected chi connectivity index (χ1v) is 12.2. The van der Waals surface area contributed by atoms with E-state index in [-0.39, 0.29) is 11.1 Å². The van der Waals surface area contributed by atoms with Crippen LogP contribution in [-0.4, -0.2) is 11.9 Å². The Morgan fingerprint density at radius 2 is 0.730 bits per heavy atom. The third-order valence-corrected chi connectivity index (χ3v) is 7.12. The average Bonchev–Trinajstić information content (AvgIpc) is 3.19. The molecular weight excluding hydrogens is 456 g/mol. The van der Waals surface area contributed by atoms with E-state index >= 15 is 0 Å². The molecule has 0 N–H and O–H groups in total. The zero-order chi connectivity index (χ0) is 24.9. The van der Waals surface area contributed by atoms with Crippen LogP contribution in [0.4, 0.5) is 0 Å². The largest absolute Gasteiger partial charge is 0.386 e. The number of ether oxygens (including phenoxy) is 1. The molecule has 0 saturated carbocycles. The van der Waals surface area contributed by atoms with Gasteiger partial charge < -0.3 is 4.74 Å². The molecule has 0 atom stereocenters. The molecule has 3 heteroatoms. The van der Waals surface area contributed by atoms with E-state index in [0.29, 0.717) is 0 Å². The van der Waals surface area contributed by atoms with Gasteiger partial charge in [0, 0.05) is 0 Å². The Hall–Kier alpha value is -5.02. The van der Waals surface area contributed by atoms with Crippen LogP contribution in [0.1, 0.15) is 11.1 Å². The molecule has 0 unspecified atom stereocenters. The molecule has 1 heterocycles. The fourth-order valence-electron chi connectivity index (χ4n) is 5.38. The van der Waals surface area contributed by atoms with E-state index in [1.54, 1.807) is 0 Å². The lowest BCUT2D eigenvalue weighted by Gasteiger charge is -2.10. The summed E-state index contributed by atoms with van der Waals surface area (Å²) in [6.45, 7) is 0. The molecule has 0 amide bonds. The molecule has 1 aliphatic heterocycles. The average molecular weight is 477 g/mol. The minimum Gasteiger partial charge on any atom is -0.386 e. The maximum absolute atomic E-state index is 13.0. The molecule has 7 rings (SSSR count). The Bertz CT molecular complexity index is 1740. The number of carbonyl (C=O) groups excluding carboxylic acids is 2. The van der Waals surface area contributed by atoms with E-state index in [9.17, 15) is 9.59 Å². The standard InChI is InChI=1S/C34H20O3/c35-33-31(19-29-25-13-5-1-9-21(25)17-22-10-2-6-14-26(22)29)32(34(36)37-33)20-30-27-15-7-3-11-23(27)18-24-12-4-8-16-28(24)30/h1-20H. The van der Waals surface area contributed by atoms with Gasteiger partial charge in [0.1, 0.15) is 0 Å². The fourth-order valence-corrected chi connectivity index (χ4v) is 5.38. The molecule has 6 aromatic carbocycles. The number of hydrogen-bond donors (Lipinski definition) is 0. The van der Waals surface area contributed by atoms with Gasteiger partial charge >= 0.3 is 11.9 Å². The van der Waals surface area contributed by atoms with Gasteiger partial charge in [0.2, 0.25) is 0 Å². The van der Waals surface area contributed by atoms with Crippen LogP contribution in [0.3, 0.4) is 0 Å². The predicted molar refractivity (Wildman–Crippen MR) is 150 cm³/mol. The van der Waals surface area contributed by atoms with E-state index in [1.165, 1.54) is 0 Å². The maximum Gasteiger partial charge on any atom is 0.346 e. The summed E-state index contributed by atoms with van der Waals surface area (Å²) in [5.74, 6) is -1.25. The molecule has 37 heavy (non-hydrogen) atoms. The van der Waals surface area contributed by atoms with Crippen LogP contribution < -0.4 is 0 Å². The van der Waals surface area contributed by atoms with Gasteiger partial charge in [-0.2, -0.15) is 0 Å². The van der Waals surface area contributed by atoms with Crippen molar-refractivity contribution in [2.75, 3.05) is 0 Å². The predicted octanol–water partition coefficient (Wildman–Crippen LogP) is 7.85. The molecule has 0 radical (unpaired) electrons. The van der Waals surface area contributed by atoms with Crippen LogP contribution in [-0.2, 0) is 14.3 Å². The second-order valence-electron chi connectivity index (χ2n) is 9.26. The minimum absolute atomic E-state index is 0.267. The molecule has 0 spiro atoms. The van der Waals surface area contributed by atoms with Crippen molar-refractivity contribution in [1.29, 1.82) is 0 Å². The highest BCUT2D eigenvalue weighted by atomic mass is 16.6. The third kappa shape index (κ3) is 3.44. The smallest absolute Gasteiger partial charge is 0.346 e. The number of benzene rings is 6. The number of fused-ring (bicyclic) bond motifs is 4. The van der Waals surface area contributed by atoms with Crippen LogP contribution in [0.2, 0.25) is 0 Å². The Labute approximate surface area is 212 Å². The number of esters is 2. The molecule has 1 saturated heterocycles. The third-order valence-electron chi connectivity index (χ3n) is 7.12. The lowest BCUT2D eigenvalue weighted by molar-refractivity contribution is -0.149. The van der Waals surface area contributed by atoms with Crippen molar-refractivity contribution < 1.29 is 14.3 Å². The van der Waals surface area contributed by atoms with E-state index in [2.05, 4.69) is 36.4 Å². The quantitative estimate of drug-likeness (QED) is 0.111. The Morgan fingerprint density at radius 3 is 1.05 bits per heavy atom. The van der Waals surface area contributed by atoms with Gasteiger partial charge in [-0.15, -0.1) is 0 Å². The maximum atomic E-state index is 13.0. The molecular formula is C34H20O3. The van der Waals surface area contributed by atoms with Crippen molar-refractivity contribution in [3.63, 3.8) is 0 Å². The number of hydrogen-bond acceptors (Lipinski definition) is 3. The van der Waals surface area contributed by atoms with Gasteiger partial charge in [-0.05, 0) is 78.5 Å². The summed E-state index contributed by atoms with van der Waals surface area (Å²) in [6, 6.07) is 36.6. The van der Waals surface area contributed by atoms with Gasteiger partial charge in [-0.1, -0.05) is 97.1 Å². The molecule has 0 aliphatic carbocycles. The zero-order valence-corrected chi connectivity index (χ0v) is 19.8. The SMILES string of the molecule is O=C1OC(=O)C(=Cc2c3ccccc3cc3ccccc23)C1=Cc1c2ccccc2cc2ccccc12. The lowest BCUT2D eigenvalue weighted by Crippen LogP contribution is -1.97. The Balaban J connectivity index is 1.53. The van der Waals surface area contributed by atoms with Gasteiger partial charge in [-0.3, -0.25) is 0 Å². The van der Waals surface area contributed by atoms with Crippen LogP contribution in [0.25, 0.3) is 55.2 Å². The second kappa shape index (κ2) is 8.28. The van der Waals surface area contributed by atoms with Crippen molar-refractivity contribution >= 4 is 67.2 Å². The fraction of sp³-hybridized carbons (Fsp3) is 0. The molecule has 174 valence electrons. The summed E-state index contributed by atoms with van der Waals surface area (Å²) in [6.07, 6.45) is 3.63. The lowest BCUT2D eigenvalue weighted by atomic mass is 9.92. The highest BCUT2D eigenvalue weighted by Crippen LogP contribution is 2.36. The Kier molecular flexibility index (Phi) is 4.76. The number of carbonyl (C=O) groups is 2. The first-order chi connectivity index (χ1) is 18.2.